The van der Waals surface area contributed by atoms with Gasteiger partial charge in [-0.2, -0.15) is 4.98 Å². The van der Waals surface area contributed by atoms with Crippen LogP contribution in [0.25, 0.3) is 11.4 Å². The second-order valence-corrected chi connectivity index (χ2v) is 8.15. The van der Waals surface area contributed by atoms with Crippen molar-refractivity contribution in [2.45, 2.75) is 45.6 Å². The molecule has 1 fully saturated rings. The molecule has 2 heterocycles. The van der Waals surface area contributed by atoms with Crippen molar-refractivity contribution in [1.82, 2.24) is 10.1 Å². The molecule has 7 nitrogen and oxygen atoms in total. The third kappa shape index (κ3) is 5.40. The summed E-state index contributed by atoms with van der Waals surface area (Å²) in [7, 11) is 0. The zero-order chi connectivity index (χ0) is 21.8. The first-order valence-electron chi connectivity index (χ1n) is 10.8. The maximum Gasteiger partial charge on any atom is 0.341 e. The van der Waals surface area contributed by atoms with Gasteiger partial charge in [0.2, 0.25) is 5.82 Å². The maximum atomic E-state index is 6.00. The predicted molar refractivity (Wildman–Crippen MR) is 120 cm³/mol. The molecule has 0 bridgehead atoms. The van der Waals surface area contributed by atoms with Crippen molar-refractivity contribution in [1.29, 1.82) is 0 Å². The monoisotopic (exact) mass is 455 g/mol. The van der Waals surface area contributed by atoms with Crippen molar-refractivity contribution in [2.24, 2.45) is 11.5 Å². The molecule has 32 heavy (non-hydrogen) atoms. The number of benzene rings is 2. The topological polar surface area (TPSA) is 103 Å². The highest BCUT2D eigenvalue weighted by Crippen LogP contribution is 2.30. The smallest absolute Gasteiger partial charge is 0.341 e. The van der Waals surface area contributed by atoms with Crippen LogP contribution in [0.3, 0.4) is 0 Å². The van der Waals surface area contributed by atoms with E-state index in [0.717, 1.165) is 49.1 Å². The minimum Gasteiger partial charge on any atom is -1.00 e. The summed E-state index contributed by atoms with van der Waals surface area (Å²) in [6, 6.07) is 14.6. The fourth-order valence-electron chi connectivity index (χ4n) is 3.98. The van der Waals surface area contributed by atoms with Gasteiger partial charge < -0.3 is 21.7 Å². The number of nitrogens with two attached hydrogens (primary N) is 2. The molecular formula is C24H30ClN5O2. The largest absolute Gasteiger partial charge is 1.00 e. The van der Waals surface area contributed by atoms with Crippen molar-refractivity contribution in [2.75, 3.05) is 13.2 Å². The van der Waals surface area contributed by atoms with Crippen molar-refractivity contribution in [3.63, 3.8) is 0 Å². The second kappa shape index (κ2) is 10.5. The fourth-order valence-corrected chi connectivity index (χ4v) is 3.98. The first-order chi connectivity index (χ1) is 15.0. The molecule has 4 N–H and O–H groups in total. The Labute approximate surface area is 194 Å². The Morgan fingerprint density at radius 3 is 2.66 bits per heavy atom. The normalized spacial score (nSPS) is 15.4. The molecule has 8 heteroatoms. The van der Waals surface area contributed by atoms with Gasteiger partial charge in [0.15, 0.2) is 6.04 Å². The number of rotatable bonds is 7. The number of ether oxygens (including phenoxy) is 1. The van der Waals surface area contributed by atoms with Gasteiger partial charge in [0, 0.05) is 5.56 Å². The summed E-state index contributed by atoms with van der Waals surface area (Å²) in [5.41, 5.74) is 16.1. The summed E-state index contributed by atoms with van der Waals surface area (Å²) in [6.07, 6.45) is 3.87. The lowest BCUT2D eigenvalue weighted by atomic mass is 10.1. The molecule has 1 aromatic heterocycles. The van der Waals surface area contributed by atoms with E-state index in [1.807, 2.05) is 29.7 Å². The highest BCUT2D eigenvalue weighted by atomic mass is 35.5. The van der Waals surface area contributed by atoms with Crippen LogP contribution in [0.5, 0.6) is 5.75 Å². The molecule has 0 radical (unpaired) electrons. The van der Waals surface area contributed by atoms with E-state index in [2.05, 4.69) is 41.3 Å². The van der Waals surface area contributed by atoms with Gasteiger partial charge in [-0.1, -0.05) is 35.0 Å². The van der Waals surface area contributed by atoms with Gasteiger partial charge in [0.1, 0.15) is 5.75 Å². The van der Waals surface area contributed by atoms with Gasteiger partial charge in [-0.3, -0.25) is 16.0 Å². The average Bonchev–Trinajstić information content (AvgIpc) is 3.43. The van der Waals surface area contributed by atoms with E-state index in [4.69, 9.17) is 20.7 Å². The van der Waals surface area contributed by atoms with Crippen LogP contribution in [0.1, 0.15) is 47.9 Å². The number of aryl methyl sites for hydroxylation is 3. The predicted octanol–water partition coefficient (Wildman–Crippen LogP) is 0.490. The Morgan fingerprint density at radius 1 is 1.16 bits per heavy atom. The van der Waals surface area contributed by atoms with Crippen molar-refractivity contribution >= 4 is 5.96 Å². The van der Waals surface area contributed by atoms with Crippen LogP contribution in [0, 0.1) is 13.8 Å². The molecule has 0 saturated carbocycles. The Balaban J connectivity index is 0.00000289. The van der Waals surface area contributed by atoms with E-state index in [0.29, 0.717) is 24.3 Å². The van der Waals surface area contributed by atoms with Gasteiger partial charge in [-0.15, -0.1) is 0 Å². The van der Waals surface area contributed by atoms with Gasteiger partial charge in [-0.05, 0) is 68.9 Å². The molecule has 0 spiro atoms. The van der Waals surface area contributed by atoms with Crippen LogP contribution in [0.4, 0.5) is 0 Å². The summed E-state index contributed by atoms with van der Waals surface area (Å²) in [5.74, 6) is 2.28. The second-order valence-electron chi connectivity index (χ2n) is 8.15. The third-order valence-electron chi connectivity index (χ3n) is 5.73. The molecule has 3 aromatic rings. The maximum absolute atomic E-state index is 6.00. The highest BCUT2D eigenvalue weighted by molar-refractivity contribution is 5.70. The molecule has 1 aliphatic heterocycles. The van der Waals surface area contributed by atoms with Gasteiger partial charge in [0.25, 0.3) is 5.89 Å². The SMILES string of the molecule is Cc1ccc(CCCOc2ccc(-c3noc([C@@H]4CCC[N+]4=C(N)N)n3)cc2C)cc1.[Cl-]. The van der Waals surface area contributed by atoms with Gasteiger partial charge in [0.05, 0.1) is 13.2 Å². The minimum atomic E-state index is -0.0523. The van der Waals surface area contributed by atoms with Gasteiger partial charge >= 0.3 is 5.96 Å². The molecular weight excluding hydrogens is 426 g/mol. The van der Waals surface area contributed by atoms with Crippen LogP contribution in [0.15, 0.2) is 47.0 Å². The molecule has 1 saturated heterocycles. The summed E-state index contributed by atoms with van der Waals surface area (Å²) in [6.45, 7) is 5.62. The Morgan fingerprint density at radius 2 is 1.94 bits per heavy atom. The number of nitrogens with zero attached hydrogens (tertiary/aromatic N) is 3. The van der Waals surface area contributed by atoms with Crippen LogP contribution in [-0.4, -0.2) is 33.8 Å². The molecule has 1 atom stereocenters. The van der Waals surface area contributed by atoms with E-state index < -0.39 is 0 Å². The highest BCUT2D eigenvalue weighted by Gasteiger charge is 2.31. The quantitative estimate of drug-likeness (QED) is 0.305. The van der Waals surface area contributed by atoms with E-state index in [-0.39, 0.29) is 18.4 Å². The zero-order valence-electron chi connectivity index (χ0n) is 18.6. The van der Waals surface area contributed by atoms with E-state index in [1.54, 1.807) is 0 Å². The van der Waals surface area contributed by atoms with Crippen LogP contribution in [0.2, 0.25) is 0 Å². The van der Waals surface area contributed by atoms with E-state index in [9.17, 15) is 0 Å². The lowest BCUT2D eigenvalue weighted by Crippen LogP contribution is -3.00. The Hall–Kier alpha value is -3.06. The molecule has 2 aromatic carbocycles. The number of hydrogen-bond donors (Lipinski definition) is 2. The first-order valence-corrected chi connectivity index (χ1v) is 10.8. The number of halogens is 1. The molecule has 1 aliphatic rings. The van der Waals surface area contributed by atoms with E-state index in [1.165, 1.54) is 11.1 Å². The number of guanidine groups is 1. The van der Waals surface area contributed by atoms with Crippen LogP contribution < -0.4 is 28.6 Å². The minimum absolute atomic E-state index is 0. The molecule has 170 valence electrons. The van der Waals surface area contributed by atoms with Gasteiger partial charge in [-0.25, -0.2) is 0 Å². The molecule has 0 amide bonds. The number of aromatic nitrogens is 2. The van der Waals surface area contributed by atoms with Crippen LogP contribution >= 0.6 is 0 Å². The molecule has 0 unspecified atom stereocenters. The Bertz CT molecular complexity index is 1070. The summed E-state index contributed by atoms with van der Waals surface area (Å²) >= 11 is 0. The standard InChI is InChI=1S/C24H29N5O2.ClH/c1-16-7-9-18(10-8-16)5-4-14-30-21-12-11-19(15-17(21)2)22-27-23(31-28-22)20-6-3-13-29(20)24(25)26;/h7-12,15,20H,3-6,13-14H2,1-2H3,(H3,25,26);1H/t20-;/m0./s1. The summed E-state index contributed by atoms with van der Waals surface area (Å²) in [4.78, 5) is 4.60. The summed E-state index contributed by atoms with van der Waals surface area (Å²) in [5, 5.41) is 4.17. The van der Waals surface area contributed by atoms with Crippen LogP contribution in [-0.2, 0) is 6.42 Å². The first kappa shape index (κ1) is 23.6. The lowest BCUT2D eigenvalue weighted by Gasteiger charge is -2.10. The molecule has 4 rings (SSSR count). The fraction of sp³-hybridized carbons (Fsp3) is 0.375. The van der Waals surface area contributed by atoms with Crippen molar-refractivity contribution in [3.8, 4) is 17.1 Å². The molecule has 0 aliphatic carbocycles. The van der Waals surface area contributed by atoms with E-state index >= 15 is 0 Å². The average molecular weight is 456 g/mol. The van der Waals surface area contributed by atoms with Crippen molar-refractivity contribution in [3.05, 3.63) is 65.0 Å². The Kier molecular flexibility index (Phi) is 7.75. The van der Waals surface area contributed by atoms with Crippen molar-refractivity contribution < 1.29 is 26.2 Å². The number of hydrogen-bond acceptors (Lipinski definition) is 4. The lowest BCUT2D eigenvalue weighted by molar-refractivity contribution is -0.555. The third-order valence-corrected chi connectivity index (χ3v) is 5.73. The zero-order valence-corrected chi connectivity index (χ0v) is 19.3. The summed E-state index contributed by atoms with van der Waals surface area (Å²) < 4.78 is 13.4.